The van der Waals surface area contributed by atoms with Crippen LogP contribution in [0.2, 0.25) is 0 Å². The summed E-state index contributed by atoms with van der Waals surface area (Å²) in [6.45, 7) is 6.85. The number of carboxylic acids is 1. The minimum Gasteiger partial charge on any atom is -0.481 e. The first-order valence-electron chi connectivity index (χ1n) is 6.08. The monoisotopic (exact) mass is 237 g/mol. The van der Waals surface area contributed by atoms with Gasteiger partial charge in [-0.25, -0.2) is 0 Å². The highest BCUT2D eigenvalue weighted by atomic mass is 16.4. The third kappa shape index (κ3) is 2.66. The van der Waals surface area contributed by atoms with Crippen molar-refractivity contribution in [2.75, 3.05) is 13.1 Å². The molecule has 1 atom stereocenters. The van der Waals surface area contributed by atoms with Crippen LogP contribution in [0.5, 0.6) is 0 Å². The maximum Gasteiger partial charge on any atom is 0.303 e. The predicted molar refractivity (Wildman–Crippen MR) is 63.6 cm³/mol. The second-order valence-electron chi connectivity index (χ2n) is 4.72. The molecule has 0 saturated carbocycles. The molecule has 1 unspecified atom stereocenters. The van der Waals surface area contributed by atoms with Gasteiger partial charge in [0.2, 0.25) is 0 Å². The van der Waals surface area contributed by atoms with Crippen molar-refractivity contribution in [1.82, 2.24) is 14.7 Å². The molecule has 5 heteroatoms. The normalized spacial score (nSPS) is 18.9. The Morgan fingerprint density at radius 3 is 2.88 bits per heavy atom. The Kier molecular flexibility index (Phi) is 3.47. The van der Waals surface area contributed by atoms with E-state index < -0.39 is 5.97 Å². The Balaban J connectivity index is 1.86. The second-order valence-corrected chi connectivity index (χ2v) is 4.72. The molecule has 0 amide bonds. The summed E-state index contributed by atoms with van der Waals surface area (Å²) in [5, 5.41) is 13.0. The Bertz CT molecular complexity index is 396. The van der Waals surface area contributed by atoms with E-state index in [2.05, 4.69) is 30.0 Å². The number of rotatable bonds is 5. The maximum absolute atomic E-state index is 10.6. The van der Waals surface area contributed by atoms with Gasteiger partial charge in [0.05, 0.1) is 12.6 Å². The summed E-state index contributed by atoms with van der Waals surface area (Å²) in [7, 11) is 0. The lowest BCUT2D eigenvalue weighted by atomic mass is 9.93. The molecule has 0 radical (unpaired) electrons. The molecule has 0 spiro atoms. The van der Waals surface area contributed by atoms with E-state index in [1.54, 1.807) is 0 Å². The van der Waals surface area contributed by atoms with Crippen LogP contribution in [0.25, 0.3) is 0 Å². The van der Waals surface area contributed by atoms with Crippen molar-refractivity contribution in [3.63, 3.8) is 0 Å². The average Bonchev–Trinajstić information content (AvgIpc) is 2.70. The van der Waals surface area contributed by atoms with Gasteiger partial charge in [-0.3, -0.25) is 14.4 Å². The van der Waals surface area contributed by atoms with Crippen LogP contribution in [0, 0.1) is 5.92 Å². The van der Waals surface area contributed by atoms with Crippen LogP contribution in [0.1, 0.15) is 31.9 Å². The molecule has 1 fully saturated rings. The third-order valence-corrected chi connectivity index (χ3v) is 3.46. The Morgan fingerprint density at radius 1 is 1.65 bits per heavy atom. The molecule has 94 valence electrons. The van der Waals surface area contributed by atoms with Crippen LogP contribution < -0.4 is 0 Å². The van der Waals surface area contributed by atoms with E-state index in [0.29, 0.717) is 12.0 Å². The predicted octanol–water partition coefficient (Wildman–Crippen LogP) is 1.37. The van der Waals surface area contributed by atoms with Gasteiger partial charge in [0.1, 0.15) is 0 Å². The largest absolute Gasteiger partial charge is 0.481 e. The van der Waals surface area contributed by atoms with Gasteiger partial charge < -0.3 is 5.11 Å². The minimum absolute atomic E-state index is 0.289. The number of carbonyl (C=O) groups is 1. The molecule has 1 aliphatic rings. The van der Waals surface area contributed by atoms with Gasteiger partial charge in [-0.15, -0.1) is 0 Å². The van der Waals surface area contributed by atoms with E-state index in [4.69, 9.17) is 5.11 Å². The number of carboxylic acid groups (broad SMARTS) is 1. The fraction of sp³-hybridized carbons (Fsp3) is 0.667. The summed E-state index contributed by atoms with van der Waals surface area (Å²) in [6.07, 6.45) is 4.26. The van der Waals surface area contributed by atoms with Crippen LogP contribution >= 0.6 is 0 Å². The lowest BCUT2D eigenvalue weighted by Gasteiger charge is -2.42. The van der Waals surface area contributed by atoms with Gasteiger partial charge >= 0.3 is 5.97 Å². The molecule has 0 aliphatic carbocycles. The van der Waals surface area contributed by atoms with Crippen molar-refractivity contribution in [2.45, 2.75) is 32.9 Å². The molecule has 1 aromatic heterocycles. The van der Waals surface area contributed by atoms with Gasteiger partial charge in [0.25, 0.3) is 0 Å². The molecular weight excluding hydrogens is 218 g/mol. The second kappa shape index (κ2) is 4.87. The van der Waals surface area contributed by atoms with Crippen molar-refractivity contribution >= 4 is 5.97 Å². The Hall–Kier alpha value is -1.36. The third-order valence-electron chi connectivity index (χ3n) is 3.46. The first-order valence-corrected chi connectivity index (χ1v) is 6.08. The van der Waals surface area contributed by atoms with E-state index in [0.717, 1.165) is 19.6 Å². The Morgan fingerprint density at radius 2 is 2.35 bits per heavy atom. The summed E-state index contributed by atoms with van der Waals surface area (Å²) in [5.74, 6) is -0.378. The van der Waals surface area contributed by atoms with Crippen LogP contribution in [0.3, 0.4) is 0 Å². The van der Waals surface area contributed by atoms with Crippen molar-refractivity contribution in [2.24, 2.45) is 5.92 Å². The standard InChI is InChI=1S/C12H19N3O2/c1-3-15-8-11(5-13-15)9(2)14-6-10(7-14)4-12(16)17/h5,8-10H,3-4,6-7H2,1-2H3,(H,16,17). The van der Waals surface area contributed by atoms with Gasteiger partial charge in [-0.05, 0) is 19.8 Å². The highest BCUT2D eigenvalue weighted by Gasteiger charge is 2.32. The smallest absolute Gasteiger partial charge is 0.303 e. The number of hydrogen-bond acceptors (Lipinski definition) is 3. The Labute approximate surface area is 101 Å². The SMILES string of the molecule is CCn1cc(C(C)N2CC(CC(=O)O)C2)cn1. The molecule has 0 aromatic carbocycles. The highest BCUT2D eigenvalue weighted by molar-refractivity contribution is 5.67. The quantitative estimate of drug-likeness (QED) is 0.840. The summed E-state index contributed by atoms with van der Waals surface area (Å²) in [5.41, 5.74) is 1.21. The van der Waals surface area contributed by atoms with Gasteiger partial charge in [-0.2, -0.15) is 5.10 Å². The zero-order valence-electron chi connectivity index (χ0n) is 10.3. The van der Waals surface area contributed by atoms with Gasteiger partial charge in [-0.1, -0.05) is 0 Å². The molecular formula is C12H19N3O2. The molecule has 1 aromatic rings. The number of hydrogen-bond donors (Lipinski definition) is 1. The van der Waals surface area contributed by atoms with Crippen molar-refractivity contribution < 1.29 is 9.90 Å². The van der Waals surface area contributed by atoms with Crippen LogP contribution in [-0.2, 0) is 11.3 Å². The number of aliphatic carboxylic acids is 1. The number of nitrogens with zero attached hydrogens (tertiary/aromatic N) is 3. The number of likely N-dealkylation sites (tertiary alicyclic amines) is 1. The van der Waals surface area contributed by atoms with E-state index >= 15 is 0 Å². The van der Waals surface area contributed by atoms with Crippen LogP contribution in [0.15, 0.2) is 12.4 Å². The summed E-state index contributed by atoms with van der Waals surface area (Å²) >= 11 is 0. The van der Waals surface area contributed by atoms with Gasteiger partial charge in [0.15, 0.2) is 0 Å². The molecule has 2 rings (SSSR count). The zero-order valence-corrected chi connectivity index (χ0v) is 10.3. The van der Waals surface area contributed by atoms with E-state index in [1.807, 2.05) is 10.9 Å². The molecule has 1 N–H and O–H groups in total. The van der Waals surface area contributed by atoms with Crippen molar-refractivity contribution in [3.05, 3.63) is 18.0 Å². The molecule has 17 heavy (non-hydrogen) atoms. The first-order chi connectivity index (χ1) is 8.10. The average molecular weight is 237 g/mol. The summed E-state index contributed by atoms with van der Waals surface area (Å²) in [4.78, 5) is 12.9. The maximum atomic E-state index is 10.6. The number of aromatic nitrogens is 2. The van der Waals surface area contributed by atoms with Crippen molar-refractivity contribution in [3.8, 4) is 0 Å². The van der Waals surface area contributed by atoms with E-state index in [9.17, 15) is 4.79 Å². The molecule has 5 nitrogen and oxygen atoms in total. The summed E-state index contributed by atoms with van der Waals surface area (Å²) < 4.78 is 1.92. The van der Waals surface area contributed by atoms with E-state index in [-0.39, 0.29) is 6.42 Å². The summed E-state index contributed by atoms with van der Waals surface area (Å²) in [6, 6.07) is 0.334. The van der Waals surface area contributed by atoms with Crippen molar-refractivity contribution in [1.29, 1.82) is 0 Å². The number of aryl methyl sites for hydroxylation is 1. The lowest BCUT2D eigenvalue weighted by molar-refractivity contribution is -0.139. The van der Waals surface area contributed by atoms with Crippen LogP contribution in [0.4, 0.5) is 0 Å². The molecule has 1 aliphatic heterocycles. The molecule has 1 saturated heterocycles. The first kappa shape index (κ1) is 12.1. The van der Waals surface area contributed by atoms with E-state index in [1.165, 1.54) is 5.56 Å². The lowest BCUT2D eigenvalue weighted by Crippen LogP contribution is -2.48. The minimum atomic E-state index is -0.693. The topological polar surface area (TPSA) is 58.4 Å². The highest BCUT2D eigenvalue weighted by Crippen LogP contribution is 2.29. The fourth-order valence-corrected chi connectivity index (χ4v) is 2.28. The van der Waals surface area contributed by atoms with Gasteiger partial charge in [0, 0.05) is 37.4 Å². The van der Waals surface area contributed by atoms with Crippen LogP contribution in [-0.4, -0.2) is 38.8 Å². The molecule has 2 heterocycles. The molecule has 0 bridgehead atoms. The zero-order chi connectivity index (χ0) is 12.4. The fourth-order valence-electron chi connectivity index (χ4n) is 2.28.